The van der Waals surface area contributed by atoms with E-state index in [0.717, 1.165) is 11.1 Å². The van der Waals surface area contributed by atoms with Gasteiger partial charge in [-0.15, -0.1) is 0 Å². The first-order chi connectivity index (χ1) is 37.9. The number of carboxylic acids is 1. The lowest BCUT2D eigenvalue weighted by Gasteiger charge is -2.49. The number of carbonyl (C=O) groups excluding carboxylic acids is 1. The van der Waals surface area contributed by atoms with E-state index in [1.165, 1.54) is 27.2 Å². The standard InChI is InChI=1S/C56H87N5O19S/c1-14-41-56(10,69)48(64)32(4)43(59-74-20-17-57)30(2)25-54(8,68)49(79-53-46(63)40(60(11)12)22-31(3)75-53)33(5)47(34(6)52(67)77-41)78-42-26-55(9,72-13)50(35(7)76-42)80-81(70,71)21-19-58-18-15-16-36-23-37-28-73-29-61-27-39(51(65)66)45(62)38(24-36)44(37)61/h23-24,27,30-35,40-42,46-50,53,58,63-64,68-69H,14-16,18-22,25-26,28-29H2,1-13H3,(H,65,66)/b59-43+/t30-,31+,32-,33+,34-,35+,40+,41-,42+,46-,47+,48+,49+,50+,53-,54-,55-,56+/m1/s1. The average molecular weight is 1170 g/mol. The van der Waals surface area contributed by atoms with Crippen LogP contribution in [-0.4, -0.2) is 192 Å². The number of hydrogen-bond acceptors (Lipinski definition) is 22. The maximum atomic E-state index is 14.6. The lowest BCUT2D eigenvalue weighted by atomic mass is 9.73. The number of aliphatic hydroxyl groups excluding tert-OH is 2. The molecule has 4 aliphatic heterocycles. The normalized spacial score (nSPS) is 36.9. The number of ether oxygens (including phenoxy) is 7. The van der Waals surface area contributed by atoms with E-state index in [4.69, 9.17) is 42.2 Å². The molecule has 0 saturated carbocycles. The van der Waals surface area contributed by atoms with E-state index in [-0.39, 0.29) is 56.5 Å². The molecule has 0 bridgehead atoms. The molecule has 456 valence electrons. The Morgan fingerprint density at radius 2 is 1.70 bits per heavy atom. The molecule has 3 saturated heterocycles. The van der Waals surface area contributed by atoms with Gasteiger partial charge in [-0.2, -0.15) is 13.7 Å². The molecule has 6 N–H and O–H groups in total. The van der Waals surface area contributed by atoms with Crippen LogP contribution in [0.2, 0.25) is 0 Å². The Morgan fingerprint density at radius 3 is 2.35 bits per heavy atom. The number of likely N-dealkylation sites (N-methyl/N-ethyl adjacent to an activating group) is 1. The van der Waals surface area contributed by atoms with E-state index < -0.39 is 142 Å². The number of esters is 1. The molecule has 2 aromatic rings. The minimum Gasteiger partial charge on any atom is -0.477 e. The summed E-state index contributed by atoms with van der Waals surface area (Å²) in [5, 5.41) is 75.3. The number of carboxylic acid groups (broad SMARTS) is 1. The Labute approximate surface area is 475 Å². The molecule has 0 aliphatic carbocycles. The molecule has 6 rings (SSSR count). The van der Waals surface area contributed by atoms with Gasteiger partial charge in [0.1, 0.15) is 42.3 Å². The van der Waals surface area contributed by atoms with Crippen LogP contribution >= 0.6 is 0 Å². The third-order valence-corrected chi connectivity index (χ3v) is 17.9. The molecule has 24 nitrogen and oxygen atoms in total. The van der Waals surface area contributed by atoms with Gasteiger partial charge in [-0.25, -0.2) is 4.79 Å². The molecular formula is C56H87N5O19S. The zero-order valence-electron chi connectivity index (χ0n) is 49.0. The van der Waals surface area contributed by atoms with Crippen LogP contribution in [-0.2, 0) is 76.8 Å². The van der Waals surface area contributed by atoms with Crippen molar-refractivity contribution in [2.75, 3.05) is 46.7 Å². The number of pyridine rings is 1. The van der Waals surface area contributed by atoms with Crippen LogP contribution in [0.3, 0.4) is 0 Å². The highest BCUT2D eigenvalue weighted by Crippen LogP contribution is 2.42. The number of oxime groups is 1. The number of hydrogen-bond donors (Lipinski definition) is 6. The van der Waals surface area contributed by atoms with Gasteiger partial charge in [-0.05, 0) is 106 Å². The quantitative estimate of drug-likeness (QED) is 0.0509. The summed E-state index contributed by atoms with van der Waals surface area (Å²) in [5.41, 5.74) is -3.87. The average Bonchev–Trinajstić information content (AvgIpc) is 3.57. The van der Waals surface area contributed by atoms with Gasteiger partial charge in [-0.1, -0.05) is 38.9 Å². The summed E-state index contributed by atoms with van der Waals surface area (Å²) in [6.45, 7) is 16.6. The van der Waals surface area contributed by atoms with E-state index in [1.807, 2.05) is 38.1 Å². The number of cyclic esters (lactones) is 1. The fraction of sp³-hybridized carbons (Fsp3) is 0.768. The molecule has 0 amide bonds. The predicted molar refractivity (Wildman–Crippen MR) is 294 cm³/mol. The molecule has 4 aliphatic rings. The van der Waals surface area contributed by atoms with E-state index in [2.05, 4.69) is 10.5 Å². The van der Waals surface area contributed by atoms with E-state index in [9.17, 15) is 53.6 Å². The molecule has 0 spiro atoms. The third kappa shape index (κ3) is 15.2. The van der Waals surface area contributed by atoms with Gasteiger partial charge in [-0.3, -0.25) is 13.8 Å². The maximum absolute atomic E-state index is 14.6. The van der Waals surface area contributed by atoms with E-state index >= 15 is 0 Å². The fourth-order valence-corrected chi connectivity index (χ4v) is 13.5. The summed E-state index contributed by atoms with van der Waals surface area (Å²) in [6.07, 6.45) is -9.14. The second-order valence-corrected chi connectivity index (χ2v) is 25.2. The zero-order chi connectivity index (χ0) is 60.1. The molecule has 0 unspecified atom stereocenters. The number of aromatic carboxylic acids is 1. The number of nitrogens with zero attached hydrogens (tertiary/aromatic N) is 4. The van der Waals surface area contributed by atoms with Crippen molar-refractivity contribution < 1.29 is 85.7 Å². The Morgan fingerprint density at radius 1 is 1.00 bits per heavy atom. The number of nitriles is 1. The summed E-state index contributed by atoms with van der Waals surface area (Å²) in [6, 6.07) is 5.07. The number of carbonyl (C=O) groups is 2. The van der Waals surface area contributed by atoms with Gasteiger partial charge >= 0.3 is 11.9 Å². The lowest BCUT2D eigenvalue weighted by Crippen LogP contribution is -2.61. The molecule has 0 radical (unpaired) electrons. The van der Waals surface area contributed by atoms with Gasteiger partial charge in [0.05, 0.1) is 71.2 Å². The molecule has 3 fully saturated rings. The Kier molecular flexibility index (Phi) is 22.1. The van der Waals surface area contributed by atoms with Crippen molar-refractivity contribution in [1.82, 2.24) is 14.8 Å². The SMILES string of the molecule is CC[C@H]1OC(=O)[C@H](C)[C@@H](O[C@H]2C[C@@](C)(OC)[C@@H](OS(=O)(=O)CCNCCCc3cc4c5c(c3)c(=O)c(C(=O)O)cn5COC4)[C@H](C)O2)[C@H](C)[C@H](O[C@H]2O[C@@H](C)C[C@H](N(C)C)[C@H]2O)[C@](C)(O)C[C@@H](C)/C(=N\OCC#N)[C@@H](C)[C@H](O)[C@@]1(C)O. The highest BCUT2D eigenvalue weighted by Gasteiger charge is 2.54. The molecule has 81 heavy (non-hydrogen) atoms. The van der Waals surface area contributed by atoms with Gasteiger partial charge in [0.25, 0.3) is 10.1 Å². The fourth-order valence-electron chi connectivity index (χ4n) is 12.3. The lowest BCUT2D eigenvalue weighted by molar-refractivity contribution is -0.316. The zero-order valence-corrected chi connectivity index (χ0v) is 49.8. The number of methoxy groups -OCH3 is 1. The summed E-state index contributed by atoms with van der Waals surface area (Å²) in [4.78, 5) is 46.8. The predicted octanol–water partition coefficient (Wildman–Crippen LogP) is 3.19. The van der Waals surface area contributed by atoms with Gasteiger partial charge < -0.3 is 78.3 Å². The second kappa shape index (κ2) is 27.2. The first-order valence-electron chi connectivity index (χ1n) is 27.9. The summed E-state index contributed by atoms with van der Waals surface area (Å²) >= 11 is 0. The summed E-state index contributed by atoms with van der Waals surface area (Å²) in [7, 11) is 0.801. The Hall–Kier alpha value is -4.24. The van der Waals surface area contributed by atoms with E-state index in [0.29, 0.717) is 36.7 Å². The van der Waals surface area contributed by atoms with Crippen molar-refractivity contribution in [3.05, 3.63) is 45.2 Å². The van der Waals surface area contributed by atoms with Crippen LogP contribution in [0.1, 0.15) is 123 Å². The number of aryl methyl sites for hydroxylation is 1. The largest absolute Gasteiger partial charge is 0.477 e. The van der Waals surface area contributed by atoms with Crippen LogP contribution in [0.4, 0.5) is 0 Å². The number of nitrogens with one attached hydrogen (secondary N) is 1. The van der Waals surface area contributed by atoms with Crippen molar-refractivity contribution in [2.24, 2.45) is 28.8 Å². The number of aromatic nitrogens is 1. The molecular weight excluding hydrogens is 1080 g/mol. The summed E-state index contributed by atoms with van der Waals surface area (Å²) in [5.74, 6) is -6.49. The van der Waals surface area contributed by atoms with Crippen molar-refractivity contribution in [1.29, 1.82) is 5.26 Å². The third-order valence-electron chi connectivity index (χ3n) is 16.7. The first-order valence-corrected chi connectivity index (χ1v) is 29.5. The number of aliphatic hydroxyl groups is 4. The van der Waals surface area contributed by atoms with Crippen molar-refractivity contribution in [3.8, 4) is 6.07 Å². The van der Waals surface area contributed by atoms with Crippen LogP contribution in [0.15, 0.2) is 28.3 Å². The number of benzene rings is 1. The molecule has 1 aromatic heterocycles. The van der Waals surface area contributed by atoms with Gasteiger partial charge in [0, 0.05) is 61.0 Å². The molecule has 25 heteroatoms. The first kappa shape index (κ1) is 65.9. The van der Waals surface area contributed by atoms with Crippen LogP contribution in [0.25, 0.3) is 10.9 Å². The topological polar surface area (TPSA) is 326 Å². The van der Waals surface area contributed by atoms with Crippen molar-refractivity contribution in [3.63, 3.8) is 0 Å². The highest BCUT2D eigenvalue weighted by molar-refractivity contribution is 7.86. The monoisotopic (exact) mass is 1170 g/mol. The smallest absolute Gasteiger partial charge is 0.341 e. The maximum Gasteiger partial charge on any atom is 0.341 e. The Balaban J connectivity index is 1.22. The number of rotatable bonds is 19. The van der Waals surface area contributed by atoms with Crippen LogP contribution in [0.5, 0.6) is 0 Å². The minimum atomic E-state index is -4.24. The second-order valence-electron chi connectivity index (χ2n) is 23.5. The van der Waals surface area contributed by atoms with Gasteiger partial charge in [0.2, 0.25) is 12.0 Å². The van der Waals surface area contributed by atoms with Crippen molar-refractivity contribution >= 4 is 38.7 Å². The summed E-state index contributed by atoms with van der Waals surface area (Å²) < 4.78 is 79.1. The minimum absolute atomic E-state index is 0.0234. The van der Waals surface area contributed by atoms with Gasteiger partial charge in [0.15, 0.2) is 12.6 Å². The van der Waals surface area contributed by atoms with Crippen LogP contribution in [0, 0.1) is 35.0 Å². The van der Waals surface area contributed by atoms with Crippen molar-refractivity contribution in [2.45, 2.75) is 205 Å². The molecule has 1 aromatic carbocycles. The van der Waals surface area contributed by atoms with Crippen LogP contribution < -0.4 is 10.7 Å². The molecule has 18 atom stereocenters. The Bertz CT molecular complexity index is 2750. The van der Waals surface area contributed by atoms with E-state index in [1.54, 1.807) is 59.1 Å². The molecule has 5 heterocycles. The highest BCUT2D eigenvalue weighted by atomic mass is 32.2.